The van der Waals surface area contributed by atoms with Crippen LogP contribution >= 0.6 is 0 Å². The van der Waals surface area contributed by atoms with Crippen molar-refractivity contribution in [2.45, 2.75) is 24.5 Å². The summed E-state index contributed by atoms with van der Waals surface area (Å²) in [6, 6.07) is 1.74. The highest BCUT2D eigenvalue weighted by Gasteiger charge is 2.43. The molecule has 3 N–H and O–H groups in total. The number of aromatic nitrogens is 3. The molecule has 0 spiro atoms. The Hall–Kier alpha value is -1.54. The first kappa shape index (κ1) is 11.5. The average Bonchev–Trinajstić information content (AvgIpc) is 2.93. The Morgan fingerprint density at radius 1 is 1.33 bits per heavy atom. The van der Waals surface area contributed by atoms with Gasteiger partial charge in [-0.05, 0) is 6.07 Å². The van der Waals surface area contributed by atoms with Crippen molar-refractivity contribution in [1.82, 2.24) is 14.5 Å². The molecule has 18 heavy (non-hydrogen) atoms. The van der Waals surface area contributed by atoms with Crippen molar-refractivity contribution in [1.29, 1.82) is 0 Å². The minimum Gasteiger partial charge on any atom is -0.394 e. The number of imidazole rings is 1. The molecule has 2 aromatic rings. The van der Waals surface area contributed by atoms with Gasteiger partial charge in [0.1, 0.15) is 18.3 Å². The molecule has 0 bridgehead atoms. The van der Waals surface area contributed by atoms with Crippen LogP contribution in [0.25, 0.3) is 11.0 Å². The van der Waals surface area contributed by atoms with Gasteiger partial charge in [-0.1, -0.05) is 0 Å². The second kappa shape index (κ2) is 4.29. The lowest BCUT2D eigenvalue weighted by atomic mass is 10.1. The number of rotatable bonds is 2. The van der Waals surface area contributed by atoms with E-state index in [1.807, 2.05) is 0 Å². The van der Waals surface area contributed by atoms with Crippen LogP contribution in [0.2, 0.25) is 0 Å². The van der Waals surface area contributed by atoms with Gasteiger partial charge in [0.2, 0.25) is 0 Å². The lowest BCUT2D eigenvalue weighted by Crippen LogP contribution is -2.33. The van der Waals surface area contributed by atoms with Crippen molar-refractivity contribution in [2.75, 3.05) is 6.61 Å². The van der Waals surface area contributed by atoms with Gasteiger partial charge < -0.3 is 20.1 Å². The van der Waals surface area contributed by atoms with Gasteiger partial charge in [0.15, 0.2) is 6.23 Å². The molecule has 4 unspecified atom stereocenters. The van der Waals surface area contributed by atoms with Crippen molar-refractivity contribution < 1.29 is 20.1 Å². The van der Waals surface area contributed by atoms with Crippen LogP contribution in [-0.4, -0.2) is 54.8 Å². The van der Waals surface area contributed by atoms with Gasteiger partial charge in [0.05, 0.1) is 30.2 Å². The largest absolute Gasteiger partial charge is 0.394 e. The molecule has 4 atom stereocenters. The van der Waals surface area contributed by atoms with Crippen LogP contribution in [0.4, 0.5) is 0 Å². The number of ether oxygens (including phenoxy) is 1. The van der Waals surface area contributed by atoms with E-state index in [9.17, 15) is 10.2 Å². The van der Waals surface area contributed by atoms with Crippen LogP contribution in [0.5, 0.6) is 0 Å². The van der Waals surface area contributed by atoms with Gasteiger partial charge >= 0.3 is 0 Å². The van der Waals surface area contributed by atoms with Crippen molar-refractivity contribution in [3.63, 3.8) is 0 Å². The number of hydrogen-bond acceptors (Lipinski definition) is 6. The number of fused-ring (bicyclic) bond motifs is 1. The molecule has 3 heterocycles. The van der Waals surface area contributed by atoms with Gasteiger partial charge in [-0.25, -0.2) is 4.98 Å². The SMILES string of the molecule is OCC1OC(n2cnc3ccncc32)C(O)C1O. The van der Waals surface area contributed by atoms with Gasteiger partial charge in [-0.3, -0.25) is 9.55 Å². The minimum atomic E-state index is -1.12. The fourth-order valence-electron chi connectivity index (χ4n) is 2.19. The van der Waals surface area contributed by atoms with E-state index >= 15 is 0 Å². The monoisotopic (exact) mass is 251 g/mol. The van der Waals surface area contributed by atoms with Crippen molar-refractivity contribution in [3.05, 3.63) is 24.8 Å². The molecule has 96 valence electrons. The van der Waals surface area contributed by atoms with E-state index < -0.39 is 24.5 Å². The summed E-state index contributed by atoms with van der Waals surface area (Å²) in [7, 11) is 0. The Bertz CT molecular complexity index is 558. The molecule has 0 aromatic carbocycles. The molecular weight excluding hydrogens is 238 g/mol. The Morgan fingerprint density at radius 2 is 2.17 bits per heavy atom. The highest BCUT2D eigenvalue weighted by molar-refractivity contribution is 5.73. The van der Waals surface area contributed by atoms with E-state index in [-0.39, 0.29) is 6.61 Å². The zero-order chi connectivity index (χ0) is 12.7. The number of aliphatic hydroxyl groups is 3. The second-order valence-corrected chi connectivity index (χ2v) is 4.25. The predicted molar refractivity (Wildman–Crippen MR) is 60.5 cm³/mol. The standard InChI is InChI=1S/C11H13N3O4/c15-4-8-9(16)10(17)11(18-8)14-5-13-6-1-2-12-3-7(6)14/h1-3,5,8-11,15-17H,4H2. The Kier molecular flexibility index (Phi) is 2.75. The third-order valence-corrected chi connectivity index (χ3v) is 3.17. The number of hydrogen-bond donors (Lipinski definition) is 3. The average molecular weight is 251 g/mol. The second-order valence-electron chi connectivity index (χ2n) is 4.25. The quantitative estimate of drug-likeness (QED) is 0.635. The van der Waals surface area contributed by atoms with Gasteiger partial charge in [-0.15, -0.1) is 0 Å². The number of pyridine rings is 1. The summed E-state index contributed by atoms with van der Waals surface area (Å²) < 4.78 is 7.04. The topological polar surface area (TPSA) is 101 Å². The van der Waals surface area contributed by atoms with Crippen molar-refractivity contribution in [3.8, 4) is 0 Å². The molecule has 3 rings (SSSR count). The summed E-state index contributed by atoms with van der Waals surface area (Å²) in [5.41, 5.74) is 1.43. The van der Waals surface area contributed by atoms with Gasteiger partial charge in [0.25, 0.3) is 0 Å². The van der Waals surface area contributed by atoms with Crippen LogP contribution in [0.15, 0.2) is 24.8 Å². The Labute approximate surface area is 102 Å². The maximum absolute atomic E-state index is 9.94. The Morgan fingerprint density at radius 3 is 2.89 bits per heavy atom. The molecule has 1 saturated heterocycles. The Balaban J connectivity index is 2.00. The molecule has 2 aromatic heterocycles. The molecule has 1 aliphatic rings. The zero-order valence-corrected chi connectivity index (χ0v) is 9.42. The van der Waals surface area contributed by atoms with Gasteiger partial charge in [0, 0.05) is 6.20 Å². The highest BCUT2D eigenvalue weighted by atomic mass is 16.6. The lowest BCUT2D eigenvalue weighted by Gasteiger charge is -2.16. The van der Waals surface area contributed by atoms with Crippen molar-refractivity contribution in [2.24, 2.45) is 0 Å². The normalized spacial score (nSPS) is 32.2. The molecule has 1 aliphatic heterocycles. The third-order valence-electron chi connectivity index (χ3n) is 3.17. The summed E-state index contributed by atoms with van der Waals surface area (Å²) in [5.74, 6) is 0. The third kappa shape index (κ3) is 1.60. The summed E-state index contributed by atoms with van der Waals surface area (Å²) in [4.78, 5) is 8.15. The van der Waals surface area contributed by atoms with Crippen LogP contribution in [0.3, 0.4) is 0 Å². The molecule has 0 aliphatic carbocycles. The van der Waals surface area contributed by atoms with E-state index in [1.165, 1.54) is 6.33 Å². The predicted octanol–water partition coefficient (Wildman–Crippen LogP) is -0.957. The molecule has 0 amide bonds. The van der Waals surface area contributed by atoms with Crippen molar-refractivity contribution >= 4 is 11.0 Å². The number of aliphatic hydroxyl groups excluding tert-OH is 3. The lowest BCUT2D eigenvalue weighted by molar-refractivity contribution is -0.0509. The van der Waals surface area contributed by atoms with E-state index in [0.29, 0.717) is 5.52 Å². The van der Waals surface area contributed by atoms with Gasteiger partial charge in [-0.2, -0.15) is 0 Å². The highest BCUT2D eigenvalue weighted by Crippen LogP contribution is 2.31. The summed E-state index contributed by atoms with van der Waals surface area (Å²) >= 11 is 0. The maximum Gasteiger partial charge on any atom is 0.164 e. The maximum atomic E-state index is 9.94. The van der Waals surface area contributed by atoms with Crippen LogP contribution < -0.4 is 0 Å². The zero-order valence-electron chi connectivity index (χ0n) is 9.42. The fraction of sp³-hybridized carbons (Fsp3) is 0.455. The van der Waals surface area contributed by atoms with E-state index in [1.54, 1.807) is 23.0 Å². The summed E-state index contributed by atoms with van der Waals surface area (Å²) in [6.45, 7) is -0.348. The fourth-order valence-corrected chi connectivity index (χ4v) is 2.19. The van der Waals surface area contributed by atoms with Crippen LogP contribution in [0, 0.1) is 0 Å². The summed E-state index contributed by atoms with van der Waals surface area (Å²) in [6.07, 6.45) is 0.958. The summed E-state index contributed by atoms with van der Waals surface area (Å²) in [5, 5.41) is 28.7. The van der Waals surface area contributed by atoms with Crippen LogP contribution in [-0.2, 0) is 4.74 Å². The minimum absolute atomic E-state index is 0.348. The molecule has 0 saturated carbocycles. The van der Waals surface area contributed by atoms with E-state index in [4.69, 9.17) is 9.84 Å². The van der Waals surface area contributed by atoms with E-state index in [2.05, 4.69) is 9.97 Å². The smallest absolute Gasteiger partial charge is 0.164 e. The molecular formula is C11H13N3O4. The number of nitrogens with zero attached hydrogens (tertiary/aromatic N) is 3. The molecule has 7 nitrogen and oxygen atoms in total. The van der Waals surface area contributed by atoms with Crippen LogP contribution in [0.1, 0.15) is 6.23 Å². The molecule has 0 radical (unpaired) electrons. The van der Waals surface area contributed by atoms with E-state index in [0.717, 1.165) is 5.52 Å². The first-order valence-corrected chi connectivity index (χ1v) is 5.61. The first-order valence-electron chi connectivity index (χ1n) is 5.61. The molecule has 1 fully saturated rings. The first-order chi connectivity index (χ1) is 8.72. The molecule has 7 heteroatoms.